The summed E-state index contributed by atoms with van der Waals surface area (Å²) in [5.74, 6) is -5.43. The van der Waals surface area contributed by atoms with Crippen molar-refractivity contribution in [3.8, 4) is 0 Å². The van der Waals surface area contributed by atoms with Crippen LogP contribution in [0.25, 0.3) is 0 Å². The van der Waals surface area contributed by atoms with E-state index in [9.17, 15) is 24.0 Å². The summed E-state index contributed by atoms with van der Waals surface area (Å²) in [5.41, 5.74) is -0.685. The van der Waals surface area contributed by atoms with E-state index in [1.807, 2.05) is 12.1 Å². The summed E-state index contributed by atoms with van der Waals surface area (Å²) in [4.78, 5) is 68.6. The van der Waals surface area contributed by atoms with Crippen molar-refractivity contribution in [1.29, 1.82) is 0 Å². The van der Waals surface area contributed by atoms with Crippen LogP contribution in [0.1, 0.15) is 49.7 Å². The number of imide groups is 1. The maximum Gasteiger partial charge on any atom is 0.338 e. The van der Waals surface area contributed by atoms with E-state index in [0.717, 1.165) is 8.47 Å². The molecule has 2 aliphatic heterocycles. The second kappa shape index (κ2) is 8.95. The number of fused-ring (bicyclic) bond motifs is 3. The molecule has 2 saturated heterocycles. The van der Waals surface area contributed by atoms with Crippen LogP contribution < -0.4 is 4.90 Å². The summed E-state index contributed by atoms with van der Waals surface area (Å²) in [6.45, 7) is 1.90. The number of Topliss-reactive ketones (excluding diaryl/α,β-unsaturated/α-hetero) is 2. The zero-order valence-corrected chi connectivity index (χ0v) is 22.2. The van der Waals surface area contributed by atoms with Crippen LogP contribution in [0.4, 0.5) is 5.69 Å². The summed E-state index contributed by atoms with van der Waals surface area (Å²) in [6.07, 6.45) is -0.987. The van der Waals surface area contributed by atoms with E-state index in [2.05, 4.69) is 22.6 Å². The summed E-state index contributed by atoms with van der Waals surface area (Å²) < 4.78 is 12.2. The van der Waals surface area contributed by atoms with Crippen molar-refractivity contribution in [3.63, 3.8) is 0 Å². The predicted octanol–water partition coefficient (Wildman–Crippen LogP) is 4.16. The number of carbonyl (C=O) groups is 5. The molecule has 9 heteroatoms. The Morgan fingerprint density at radius 2 is 1.50 bits per heavy atom. The summed E-state index contributed by atoms with van der Waals surface area (Å²) in [6, 6.07) is 19.5. The fraction of sp³-hybridized carbons (Fsp3) is 0.207. The van der Waals surface area contributed by atoms with Crippen molar-refractivity contribution in [2.75, 3.05) is 11.5 Å². The molecule has 6 rings (SSSR count). The number of nitrogens with zero attached hydrogens (tertiary/aromatic N) is 1. The van der Waals surface area contributed by atoms with Gasteiger partial charge in [0.25, 0.3) is 0 Å². The van der Waals surface area contributed by atoms with E-state index >= 15 is 0 Å². The highest BCUT2D eigenvalue weighted by Gasteiger charge is 2.74. The van der Waals surface area contributed by atoms with Gasteiger partial charge in [-0.15, -0.1) is 0 Å². The molecule has 1 aliphatic carbocycles. The van der Waals surface area contributed by atoms with Crippen LogP contribution >= 0.6 is 22.6 Å². The van der Waals surface area contributed by atoms with Crippen LogP contribution in [0.15, 0.2) is 72.8 Å². The quantitative estimate of drug-likeness (QED) is 0.187. The normalized spacial score (nSPS) is 23.2. The number of ketones is 2. The molecule has 8 nitrogen and oxygen atoms in total. The van der Waals surface area contributed by atoms with Gasteiger partial charge in [-0.05, 0) is 71.5 Å². The molecular weight excluding hydrogens is 601 g/mol. The molecule has 3 aromatic carbocycles. The summed E-state index contributed by atoms with van der Waals surface area (Å²) >= 11 is 2.15. The number of hydrogen-bond acceptors (Lipinski definition) is 7. The number of ether oxygens (including phenoxy) is 2. The summed E-state index contributed by atoms with van der Waals surface area (Å²) in [7, 11) is 0. The van der Waals surface area contributed by atoms with E-state index in [-0.39, 0.29) is 29.0 Å². The zero-order chi connectivity index (χ0) is 26.8. The molecule has 3 atom stereocenters. The number of halogens is 1. The number of rotatable bonds is 4. The van der Waals surface area contributed by atoms with Crippen LogP contribution in [0, 0.1) is 15.4 Å². The minimum atomic E-state index is -2.13. The van der Waals surface area contributed by atoms with Crippen LogP contribution in [0.2, 0.25) is 0 Å². The third kappa shape index (κ3) is 3.34. The van der Waals surface area contributed by atoms with Crippen LogP contribution in [-0.2, 0) is 19.1 Å². The lowest BCUT2D eigenvalue weighted by molar-refractivity contribution is -0.127. The Kier molecular flexibility index (Phi) is 5.80. The number of anilines is 1. The molecule has 0 N–H and O–H groups in total. The molecule has 1 spiro atoms. The Morgan fingerprint density at radius 3 is 2.08 bits per heavy atom. The summed E-state index contributed by atoms with van der Waals surface area (Å²) in [5, 5.41) is 0. The maximum atomic E-state index is 14.0. The van der Waals surface area contributed by atoms with Gasteiger partial charge in [0.2, 0.25) is 29.0 Å². The van der Waals surface area contributed by atoms with E-state index in [4.69, 9.17) is 9.47 Å². The number of amides is 2. The first-order valence-electron chi connectivity index (χ1n) is 12.1. The van der Waals surface area contributed by atoms with Crippen molar-refractivity contribution in [1.82, 2.24) is 0 Å². The first kappa shape index (κ1) is 24.6. The molecule has 0 radical (unpaired) electrons. The lowest BCUT2D eigenvalue weighted by Gasteiger charge is -2.27. The Hall–Kier alpha value is -3.70. The van der Waals surface area contributed by atoms with Gasteiger partial charge in [-0.3, -0.25) is 19.2 Å². The molecular formula is C29H20INO7. The van der Waals surface area contributed by atoms with Crippen LogP contribution in [0.5, 0.6) is 0 Å². The third-order valence-corrected chi connectivity index (χ3v) is 8.07. The zero-order valence-electron chi connectivity index (χ0n) is 20.1. The molecule has 38 heavy (non-hydrogen) atoms. The van der Waals surface area contributed by atoms with Gasteiger partial charge >= 0.3 is 5.97 Å². The molecule has 3 aromatic rings. The molecule has 0 bridgehead atoms. The van der Waals surface area contributed by atoms with Crippen molar-refractivity contribution < 1.29 is 33.4 Å². The highest BCUT2D eigenvalue weighted by atomic mass is 127. The van der Waals surface area contributed by atoms with Gasteiger partial charge in [0.05, 0.1) is 35.8 Å². The first-order valence-corrected chi connectivity index (χ1v) is 13.1. The van der Waals surface area contributed by atoms with Gasteiger partial charge in [-0.2, -0.15) is 0 Å². The topological polar surface area (TPSA) is 107 Å². The average Bonchev–Trinajstić information content (AvgIpc) is 3.49. The lowest BCUT2D eigenvalue weighted by Crippen LogP contribution is -2.51. The van der Waals surface area contributed by atoms with Crippen molar-refractivity contribution in [2.45, 2.75) is 18.6 Å². The van der Waals surface area contributed by atoms with Crippen molar-refractivity contribution in [2.24, 2.45) is 11.8 Å². The number of esters is 1. The number of benzene rings is 3. The maximum absolute atomic E-state index is 14.0. The fourth-order valence-electron chi connectivity index (χ4n) is 5.69. The Balaban J connectivity index is 1.46. The van der Waals surface area contributed by atoms with Crippen molar-refractivity contribution in [3.05, 3.63) is 98.6 Å². The average molecular weight is 621 g/mol. The van der Waals surface area contributed by atoms with Crippen molar-refractivity contribution >= 4 is 57.6 Å². The van der Waals surface area contributed by atoms with Gasteiger partial charge < -0.3 is 9.47 Å². The second-order valence-corrected chi connectivity index (χ2v) is 10.6. The third-order valence-electron chi connectivity index (χ3n) is 7.35. The minimum absolute atomic E-state index is 0.178. The van der Waals surface area contributed by atoms with Gasteiger partial charge in [0.1, 0.15) is 0 Å². The second-order valence-electron chi connectivity index (χ2n) is 9.31. The Bertz CT molecular complexity index is 1490. The highest BCUT2D eigenvalue weighted by molar-refractivity contribution is 14.1. The molecule has 0 unspecified atom stereocenters. The first-order chi connectivity index (χ1) is 18.3. The van der Waals surface area contributed by atoms with E-state index in [0.29, 0.717) is 5.56 Å². The Labute approximate surface area is 231 Å². The predicted molar refractivity (Wildman–Crippen MR) is 143 cm³/mol. The highest BCUT2D eigenvalue weighted by Crippen LogP contribution is 2.57. The molecule has 3 aliphatic rings. The molecule has 0 saturated carbocycles. The lowest BCUT2D eigenvalue weighted by atomic mass is 9.77. The van der Waals surface area contributed by atoms with Gasteiger partial charge in [-0.25, -0.2) is 9.69 Å². The van der Waals surface area contributed by atoms with E-state index < -0.39 is 52.9 Å². The molecule has 190 valence electrons. The SMILES string of the molecule is CCOC(=O)c1ccc(N2C(=O)[C@H]3[C@@H](C2=O)C2(O[C@H]3c3ccc(I)cc3)C(=O)c3ccccc3C2=O)cc1. The monoisotopic (exact) mass is 621 g/mol. The molecule has 2 heterocycles. The van der Waals surface area contributed by atoms with E-state index in [1.165, 1.54) is 36.4 Å². The molecule has 0 aromatic heterocycles. The number of carbonyl (C=O) groups excluding carboxylic acids is 5. The largest absolute Gasteiger partial charge is 0.462 e. The smallest absolute Gasteiger partial charge is 0.338 e. The fourth-order valence-corrected chi connectivity index (χ4v) is 6.05. The molecule has 2 amide bonds. The van der Waals surface area contributed by atoms with Gasteiger partial charge in [0.15, 0.2) is 0 Å². The van der Waals surface area contributed by atoms with E-state index in [1.54, 1.807) is 31.2 Å². The van der Waals surface area contributed by atoms with Gasteiger partial charge in [0, 0.05) is 14.7 Å². The Morgan fingerprint density at radius 1 is 0.895 bits per heavy atom. The minimum Gasteiger partial charge on any atom is -0.462 e. The number of hydrogen-bond donors (Lipinski definition) is 0. The van der Waals surface area contributed by atoms with Crippen LogP contribution in [0.3, 0.4) is 0 Å². The standard InChI is InChI=1S/C29H20INO7/c1-2-37-28(36)16-9-13-18(14-10-16)31-26(34)21-22(27(31)35)29(38-23(21)15-7-11-17(30)12-8-15)24(32)19-5-3-4-6-20(19)25(29)33/h3-14,21-23H,2H2,1H3/t21-,22-,23-/m0/s1. The molecule has 2 fully saturated rings. The van der Waals surface area contributed by atoms with Crippen LogP contribution in [-0.4, -0.2) is 41.6 Å². The van der Waals surface area contributed by atoms with Gasteiger partial charge in [-0.1, -0.05) is 36.4 Å².